The Balaban J connectivity index is 1.49. The molecule has 1 aromatic heterocycles. The number of carbonyl (C=O) groups is 2. The number of alkyl carbamates (subject to hydrolysis) is 1. The molecule has 1 N–H and O–H groups in total. The van der Waals surface area contributed by atoms with E-state index in [1.165, 1.54) is 6.07 Å². The number of hydrogen-bond acceptors (Lipinski definition) is 6. The largest absolute Gasteiger partial charge is 0.445 e. The topological polar surface area (TPSA) is 94.8 Å². The fourth-order valence-corrected chi connectivity index (χ4v) is 4.34. The van der Waals surface area contributed by atoms with Gasteiger partial charge in [0.1, 0.15) is 18.2 Å². The van der Waals surface area contributed by atoms with E-state index in [-0.39, 0.29) is 28.9 Å². The molecule has 0 unspecified atom stereocenters. The first-order valence-electron chi connectivity index (χ1n) is 11.3. The van der Waals surface area contributed by atoms with Crippen LogP contribution in [0.2, 0.25) is 5.02 Å². The van der Waals surface area contributed by atoms with Crippen LogP contribution in [-0.4, -0.2) is 18.1 Å². The van der Waals surface area contributed by atoms with Crippen LogP contribution in [0.3, 0.4) is 0 Å². The SMILES string of the molecule is CC(C)C[C@@H](NC(=O)OCc1ccccc1)C(=O)Oc1cc2oc(=O)c3c(c2cc1Cl)CCC3. The van der Waals surface area contributed by atoms with E-state index in [0.29, 0.717) is 24.0 Å². The summed E-state index contributed by atoms with van der Waals surface area (Å²) in [6.45, 7) is 3.93. The summed E-state index contributed by atoms with van der Waals surface area (Å²) in [6, 6.07) is 11.4. The van der Waals surface area contributed by atoms with E-state index in [2.05, 4.69) is 5.32 Å². The van der Waals surface area contributed by atoms with Crippen LogP contribution in [0.25, 0.3) is 11.0 Å². The highest BCUT2D eigenvalue weighted by Gasteiger charge is 2.27. The zero-order valence-corrected chi connectivity index (χ0v) is 19.8. The molecule has 178 valence electrons. The maximum atomic E-state index is 13.0. The van der Waals surface area contributed by atoms with E-state index in [1.54, 1.807) is 6.07 Å². The van der Waals surface area contributed by atoms with Gasteiger partial charge >= 0.3 is 17.7 Å². The van der Waals surface area contributed by atoms with Gasteiger partial charge in [0.15, 0.2) is 5.75 Å². The molecule has 34 heavy (non-hydrogen) atoms. The number of aryl methyl sites for hydroxylation is 1. The fraction of sp³-hybridized carbons (Fsp3) is 0.346. The van der Waals surface area contributed by atoms with Crippen molar-refractivity contribution in [2.75, 3.05) is 0 Å². The molecule has 0 bridgehead atoms. The molecular formula is C26H26ClNO6. The number of fused-ring (bicyclic) bond motifs is 3. The van der Waals surface area contributed by atoms with Crippen LogP contribution in [0.4, 0.5) is 4.79 Å². The molecule has 0 saturated heterocycles. The van der Waals surface area contributed by atoms with Crippen LogP contribution in [0, 0.1) is 5.92 Å². The van der Waals surface area contributed by atoms with Gasteiger partial charge in [-0.15, -0.1) is 0 Å². The van der Waals surface area contributed by atoms with Crippen molar-refractivity contribution in [2.45, 2.75) is 52.2 Å². The minimum absolute atomic E-state index is 0.0634. The number of nitrogens with one attached hydrogen (secondary N) is 1. The third-order valence-corrected chi connectivity index (χ3v) is 6.03. The number of hydrogen-bond donors (Lipinski definition) is 1. The molecule has 2 aromatic carbocycles. The van der Waals surface area contributed by atoms with Gasteiger partial charge in [0, 0.05) is 17.0 Å². The molecule has 1 aliphatic rings. The first kappa shape index (κ1) is 23.8. The number of amides is 1. The Labute approximate surface area is 202 Å². The molecule has 0 saturated carbocycles. The summed E-state index contributed by atoms with van der Waals surface area (Å²) >= 11 is 6.41. The Kier molecular flexibility index (Phi) is 7.22. The standard InChI is InChI=1S/C26H26ClNO6/c1-15(2)11-21(28-26(31)32-14-16-7-4-3-5-8-16)25(30)34-23-13-22-19(12-20(23)27)17-9-6-10-18(17)24(29)33-22/h3-5,7-8,12-13,15,21H,6,9-11,14H2,1-2H3,(H,28,31)/t21-/m1/s1. The highest BCUT2D eigenvalue weighted by atomic mass is 35.5. The second-order valence-electron chi connectivity index (χ2n) is 8.79. The summed E-state index contributed by atoms with van der Waals surface area (Å²) in [6.07, 6.45) is 1.96. The molecule has 4 rings (SSSR count). The van der Waals surface area contributed by atoms with Crippen LogP contribution in [0.1, 0.15) is 43.4 Å². The lowest BCUT2D eigenvalue weighted by atomic mass is 10.0. The lowest BCUT2D eigenvalue weighted by molar-refractivity contribution is -0.137. The summed E-state index contributed by atoms with van der Waals surface area (Å²) in [5, 5.41) is 3.56. The van der Waals surface area contributed by atoms with Crippen molar-refractivity contribution in [3.05, 3.63) is 74.6 Å². The van der Waals surface area contributed by atoms with Gasteiger partial charge in [0.2, 0.25) is 0 Å². The molecule has 1 aliphatic carbocycles. The van der Waals surface area contributed by atoms with Crippen molar-refractivity contribution >= 4 is 34.6 Å². The maximum absolute atomic E-state index is 13.0. The van der Waals surface area contributed by atoms with E-state index < -0.39 is 18.1 Å². The lowest BCUT2D eigenvalue weighted by Gasteiger charge is -2.19. The van der Waals surface area contributed by atoms with Crippen molar-refractivity contribution in [3.63, 3.8) is 0 Å². The smallest absolute Gasteiger partial charge is 0.408 e. The van der Waals surface area contributed by atoms with Gasteiger partial charge in [-0.2, -0.15) is 0 Å². The molecule has 8 heteroatoms. The van der Waals surface area contributed by atoms with Gasteiger partial charge in [0.25, 0.3) is 0 Å². The first-order valence-corrected chi connectivity index (χ1v) is 11.7. The van der Waals surface area contributed by atoms with Crippen molar-refractivity contribution in [2.24, 2.45) is 5.92 Å². The van der Waals surface area contributed by atoms with Gasteiger partial charge in [-0.05, 0) is 48.8 Å². The predicted molar refractivity (Wildman–Crippen MR) is 128 cm³/mol. The van der Waals surface area contributed by atoms with Crippen LogP contribution in [-0.2, 0) is 29.0 Å². The summed E-state index contributed by atoms with van der Waals surface area (Å²) in [5.41, 5.74) is 2.39. The zero-order chi connectivity index (χ0) is 24.2. The minimum atomic E-state index is -0.943. The number of esters is 1. The molecular weight excluding hydrogens is 458 g/mol. The Bertz CT molecular complexity index is 1270. The molecule has 0 spiro atoms. The van der Waals surface area contributed by atoms with Crippen molar-refractivity contribution < 1.29 is 23.5 Å². The molecule has 0 radical (unpaired) electrons. The summed E-state index contributed by atoms with van der Waals surface area (Å²) in [4.78, 5) is 37.6. The third kappa shape index (κ3) is 5.42. The number of carbonyl (C=O) groups excluding carboxylic acids is 2. The minimum Gasteiger partial charge on any atom is -0.445 e. The Morgan fingerprint density at radius 1 is 1.12 bits per heavy atom. The number of benzene rings is 2. The van der Waals surface area contributed by atoms with E-state index >= 15 is 0 Å². The van der Waals surface area contributed by atoms with E-state index in [9.17, 15) is 14.4 Å². The molecule has 0 fully saturated rings. The van der Waals surface area contributed by atoms with Crippen LogP contribution in [0.15, 0.2) is 51.7 Å². The van der Waals surface area contributed by atoms with Gasteiger partial charge in [-0.1, -0.05) is 55.8 Å². The van der Waals surface area contributed by atoms with E-state index in [4.69, 9.17) is 25.5 Å². The van der Waals surface area contributed by atoms with Gasteiger partial charge < -0.3 is 19.2 Å². The number of halogens is 1. The molecule has 1 amide bonds. The molecule has 0 aliphatic heterocycles. The third-order valence-electron chi connectivity index (χ3n) is 5.73. The first-order chi connectivity index (χ1) is 16.3. The average Bonchev–Trinajstić information content (AvgIpc) is 3.30. The van der Waals surface area contributed by atoms with E-state index in [0.717, 1.165) is 29.4 Å². The number of ether oxygens (including phenoxy) is 2. The van der Waals surface area contributed by atoms with Crippen LogP contribution >= 0.6 is 11.6 Å². The molecule has 1 heterocycles. The molecule has 7 nitrogen and oxygen atoms in total. The summed E-state index contributed by atoms with van der Waals surface area (Å²) < 4.78 is 16.2. The number of rotatable bonds is 7. The second kappa shape index (κ2) is 10.3. The predicted octanol–water partition coefficient (Wildman–Crippen LogP) is 5.18. The van der Waals surface area contributed by atoms with Gasteiger partial charge in [-0.3, -0.25) is 0 Å². The highest BCUT2D eigenvalue weighted by Crippen LogP contribution is 2.35. The molecule has 3 aromatic rings. The summed E-state index contributed by atoms with van der Waals surface area (Å²) in [5.74, 6) is -0.525. The van der Waals surface area contributed by atoms with E-state index in [1.807, 2.05) is 44.2 Å². The second-order valence-corrected chi connectivity index (χ2v) is 9.20. The van der Waals surface area contributed by atoms with Crippen LogP contribution < -0.4 is 15.7 Å². The Morgan fingerprint density at radius 3 is 2.59 bits per heavy atom. The normalized spacial score (nSPS) is 13.5. The Hall–Kier alpha value is -3.32. The van der Waals surface area contributed by atoms with Crippen molar-refractivity contribution in [3.8, 4) is 5.75 Å². The monoisotopic (exact) mass is 483 g/mol. The quantitative estimate of drug-likeness (QED) is 0.282. The lowest BCUT2D eigenvalue weighted by Crippen LogP contribution is -2.44. The van der Waals surface area contributed by atoms with Crippen molar-refractivity contribution in [1.29, 1.82) is 0 Å². The maximum Gasteiger partial charge on any atom is 0.408 e. The van der Waals surface area contributed by atoms with Crippen LogP contribution in [0.5, 0.6) is 5.75 Å². The molecule has 1 atom stereocenters. The average molecular weight is 484 g/mol. The summed E-state index contributed by atoms with van der Waals surface area (Å²) in [7, 11) is 0. The van der Waals surface area contributed by atoms with Gasteiger partial charge in [-0.25, -0.2) is 14.4 Å². The fourth-order valence-electron chi connectivity index (χ4n) is 4.13. The highest BCUT2D eigenvalue weighted by molar-refractivity contribution is 6.33. The van der Waals surface area contributed by atoms with Crippen molar-refractivity contribution in [1.82, 2.24) is 5.32 Å². The zero-order valence-electron chi connectivity index (χ0n) is 19.1. The Morgan fingerprint density at radius 2 is 1.85 bits per heavy atom. The van der Waals surface area contributed by atoms with Gasteiger partial charge in [0.05, 0.1) is 5.02 Å².